The van der Waals surface area contributed by atoms with Crippen molar-refractivity contribution < 1.29 is 32.5 Å². The Morgan fingerprint density at radius 1 is 0.943 bits per heavy atom. The van der Waals surface area contributed by atoms with E-state index in [9.17, 15) is 23.1 Å². The van der Waals surface area contributed by atoms with Gasteiger partial charge in [0.1, 0.15) is 12.4 Å². The molecule has 1 N–H and O–H groups in total. The predicted octanol–water partition coefficient (Wildman–Crippen LogP) is 5.41. The Labute approximate surface area is 201 Å². The van der Waals surface area contributed by atoms with Gasteiger partial charge in [-0.25, -0.2) is 4.79 Å². The van der Waals surface area contributed by atoms with Gasteiger partial charge in [-0.05, 0) is 46.5 Å². The fourth-order valence-electron chi connectivity index (χ4n) is 4.13. The molecule has 2 bridgehead atoms. The Morgan fingerprint density at radius 3 is 2.54 bits per heavy atom. The molecular weight excluding hydrogens is 459 g/mol. The summed E-state index contributed by atoms with van der Waals surface area (Å²) in [4.78, 5) is 13.5. The molecule has 0 aliphatic carbocycles. The maximum atomic E-state index is 13.2. The van der Waals surface area contributed by atoms with Crippen LogP contribution in [0.25, 0.3) is 0 Å². The van der Waals surface area contributed by atoms with Gasteiger partial charge < -0.3 is 14.6 Å². The first-order valence-electron chi connectivity index (χ1n) is 11.3. The number of carboxylic acid groups (broad SMARTS) is 1. The predicted molar refractivity (Wildman–Crippen MR) is 125 cm³/mol. The Balaban J connectivity index is 1.59. The molecule has 1 heterocycles. The standard InChI is InChI=1S/C27H26F3NO4/c28-27(29,30)24-6-2-5-21(15-24)18-31-9-10-34-11-12-35-25-8-7-22(26(32)33)16-23(25)14-19-3-1-4-20(13-19)17-31/h1-8,13,15-16H,9-12,14,17-18H2,(H,32,33). The minimum absolute atomic E-state index is 0.188. The summed E-state index contributed by atoms with van der Waals surface area (Å²) in [5, 5.41) is 9.39. The van der Waals surface area contributed by atoms with Crippen LogP contribution in [-0.2, 0) is 30.4 Å². The number of hydrogen-bond acceptors (Lipinski definition) is 4. The number of alkyl halides is 3. The molecule has 1 aliphatic rings. The number of carboxylic acids is 1. The van der Waals surface area contributed by atoms with E-state index in [4.69, 9.17) is 9.47 Å². The first-order chi connectivity index (χ1) is 16.8. The quantitative estimate of drug-likeness (QED) is 0.538. The van der Waals surface area contributed by atoms with Gasteiger partial charge in [-0.2, -0.15) is 13.2 Å². The lowest BCUT2D eigenvalue weighted by Crippen LogP contribution is -2.28. The molecule has 35 heavy (non-hydrogen) atoms. The zero-order valence-corrected chi connectivity index (χ0v) is 19.1. The van der Waals surface area contributed by atoms with E-state index in [0.29, 0.717) is 57.2 Å². The van der Waals surface area contributed by atoms with Crippen LogP contribution in [-0.4, -0.2) is 42.3 Å². The van der Waals surface area contributed by atoms with Crippen molar-refractivity contribution in [2.24, 2.45) is 0 Å². The average molecular weight is 486 g/mol. The summed E-state index contributed by atoms with van der Waals surface area (Å²) in [6.45, 7) is 2.45. The number of fused-ring (bicyclic) bond motifs is 3. The first kappa shape index (κ1) is 24.8. The average Bonchev–Trinajstić information content (AvgIpc) is 2.81. The Kier molecular flexibility index (Phi) is 7.73. The smallest absolute Gasteiger partial charge is 0.416 e. The first-order valence-corrected chi connectivity index (χ1v) is 11.3. The number of carbonyl (C=O) groups is 1. The normalized spacial score (nSPS) is 15.5. The molecule has 8 heteroatoms. The monoisotopic (exact) mass is 485 g/mol. The van der Waals surface area contributed by atoms with Gasteiger partial charge in [0, 0.05) is 26.1 Å². The van der Waals surface area contributed by atoms with Crippen molar-refractivity contribution in [1.82, 2.24) is 4.90 Å². The van der Waals surface area contributed by atoms with E-state index >= 15 is 0 Å². The lowest BCUT2D eigenvalue weighted by Gasteiger charge is -2.24. The molecule has 5 nitrogen and oxygen atoms in total. The maximum Gasteiger partial charge on any atom is 0.416 e. The van der Waals surface area contributed by atoms with Crippen molar-refractivity contribution in [3.05, 3.63) is 100 Å². The SMILES string of the molecule is O=C(O)c1ccc2c(c1)Cc1cccc(c1)CN(Cc1cccc(C(F)(F)F)c1)CCOCCO2. The largest absolute Gasteiger partial charge is 0.491 e. The lowest BCUT2D eigenvalue weighted by atomic mass is 10.00. The summed E-state index contributed by atoms with van der Waals surface area (Å²) in [7, 11) is 0. The highest BCUT2D eigenvalue weighted by atomic mass is 19.4. The molecule has 0 saturated carbocycles. The van der Waals surface area contributed by atoms with Crippen molar-refractivity contribution in [3.63, 3.8) is 0 Å². The van der Waals surface area contributed by atoms with Crippen LogP contribution in [0.15, 0.2) is 66.7 Å². The second-order valence-electron chi connectivity index (χ2n) is 8.49. The highest BCUT2D eigenvalue weighted by molar-refractivity contribution is 5.88. The number of aromatic carboxylic acids is 1. The zero-order valence-electron chi connectivity index (χ0n) is 19.1. The van der Waals surface area contributed by atoms with Gasteiger partial charge in [-0.1, -0.05) is 42.5 Å². The van der Waals surface area contributed by atoms with E-state index in [2.05, 4.69) is 4.90 Å². The van der Waals surface area contributed by atoms with Gasteiger partial charge in [-0.15, -0.1) is 0 Å². The van der Waals surface area contributed by atoms with E-state index in [1.807, 2.05) is 24.3 Å². The third-order valence-corrected chi connectivity index (χ3v) is 5.80. The maximum absolute atomic E-state index is 13.2. The van der Waals surface area contributed by atoms with Gasteiger partial charge in [0.05, 0.1) is 24.3 Å². The molecule has 0 saturated heterocycles. The van der Waals surface area contributed by atoms with Gasteiger partial charge >= 0.3 is 12.1 Å². The van der Waals surface area contributed by atoms with Crippen molar-refractivity contribution in [3.8, 4) is 5.75 Å². The van der Waals surface area contributed by atoms with Crippen molar-refractivity contribution in [2.45, 2.75) is 25.7 Å². The molecule has 0 amide bonds. The molecule has 0 spiro atoms. The fourth-order valence-corrected chi connectivity index (χ4v) is 4.13. The van der Waals surface area contributed by atoms with Crippen molar-refractivity contribution >= 4 is 5.97 Å². The second-order valence-corrected chi connectivity index (χ2v) is 8.49. The van der Waals surface area contributed by atoms with E-state index in [1.54, 1.807) is 18.2 Å². The molecule has 4 rings (SSSR count). The van der Waals surface area contributed by atoms with Gasteiger partial charge in [0.15, 0.2) is 0 Å². The van der Waals surface area contributed by atoms with Gasteiger partial charge in [0.25, 0.3) is 0 Å². The number of rotatable bonds is 3. The number of benzene rings is 3. The number of nitrogens with zero attached hydrogens (tertiary/aromatic N) is 1. The molecule has 184 valence electrons. The second kappa shape index (κ2) is 10.9. The van der Waals surface area contributed by atoms with E-state index in [-0.39, 0.29) is 5.56 Å². The zero-order chi connectivity index (χ0) is 24.8. The molecule has 0 aromatic heterocycles. The summed E-state index contributed by atoms with van der Waals surface area (Å²) < 4.78 is 51.1. The highest BCUT2D eigenvalue weighted by Crippen LogP contribution is 2.30. The van der Waals surface area contributed by atoms with Crippen LogP contribution in [0.5, 0.6) is 5.75 Å². The van der Waals surface area contributed by atoms with Crippen LogP contribution in [0.1, 0.15) is 38.2 Å². The third kappa shape index (κ3) is 6.83. The number of hydrogen-bond donors (Lipinski definition) is 1. The van der Waals surface area contributed by atoms with Gasteiger partial charge in [0.2, 0.25) is 0 Å². The minimum atomic E-state index is -4.39. The molecular formula is C27H26F3NO4. The minimum Gasteiger partial charge on any atom is -0.491 e. The highest BCUT2D eigenvalue weighted by Gasteiger charge is 2.30. The molecule has 0 fully saturated rings. The summed E-state index contributed by atoms with van der Waals surface area (Å²) >= 11 is 0. The fraction of sp³-hybridized carbons (Fsp3) is 0.296. The molecule has 0 radical (unpaired) electrons. The molecule has 3 aromatic carbocycles. The summed E-state index contributed by atoms with van der Waals surface area (Å²) in [6.07, 6.45) is -3.90. The van der Waals surface area contributed by atoms with Crippen LogP contribution in [0.3, 0.4) is 0 Å². The van der Waals surface area contributed by atoms with E-state index in [0.717, 1.165) is 22.8 Å². The Hall–Kier alpha value is -3.36. The molecule has 0 atom stereocenters. The van der Waals surface area contributed by atoms with E-state index < -0.39 is 17.7 Å². The van der Waals surface area contributed by atoms with Crippen LogP contribution < -0.4 is 4.74 Å². The number of halogens is 3. The Morgan fingerprint density at radius 2 is 1.74 bits per heavy atom. The summed E-state index contributed by atoms with van der Waals surface area (Å²) in [6, 6.07) is 18.1. The van der Waals surface area contributed by atoms with Crippen LogP contribution >= 0.6 is 0 Å². The summed E-state index contributed by atoms with van der Waals surface area (Å²) in [5.74, 6) is -0.387. The van der Waals surface area contributed by atoms with Crippen molar-refractivity contribution in [1.29, 1.82) is 0 Å². The van der Waals surface area contributed by atoms with E-state index in [1.165, 1.54) is 18.2 Å². The molecule has 1 aliphatic heterocycles. The van der Waals surface area contributed by atoms with Crippen LogP contribution in [0.4, 0.5) is 13.2 Å². The van der Waals surface area contributed by atoms with Crippen molar-refractivity contribution in [2.75, 3.05) is 26.4 Å². The van der Waals surface area contributed by atoms with Gasteiger partial charge in [-0.3, -0.25) is 4.90 Å². The van der Waals surface area contributed by atoms with Crippen LogP contribution in [0, 0.1) is 0 Å². The Bertz CT molecular complexity index is 1180. The van der Waals surface area contributed by atoms with Crippen LogP contribution in [0.2, 0.25) is 0 Å². The number of ether oxygens (including phenoxy) is 2. The third-order valence-electron chi connectivity index (χ3n) is 5.80. The topological polar surface area (TPSA) is 59.0 Å². The summed E-state index contributed by atoms with van der Waals surface area (Å²) in [5.41, 5.74) is 2.86. The lowest BCUT2D eigenvalue weighted by molar-refractivity contribution is -0.137. The molecule has 3 aromatic rings. The molecule has 0 unspecified atom stereocenters.